The predicted molar refractivity (Wildman–Crippen MR) is 72.2 cm³/mol. The molecule has 0 amide bonds. The number of ketones is 1. The van der Waals surface area contributed by atoms with Gasteiger partial charge in [0, 0.05) is 32.6 Å². The van der Waals surface area contributed by atoms with Crippen LogP contribution in [-0.4, -0.2) is 42.4 Å². The highest BCUT2D eigenvalue weighted by Crippen LogP contribution is 2.21. The van der Waals surface area contributed by atoms with Gasteiger partial charge in [0.25, 0.3) is 0 Å². The molecule has 98 valence electrons. The third-order valence-electron chi connectivity index (χ3n) is 3.11. The molecule has 0 radical (unpaired) electrons. The van der Waals surface area contributed by atoms with E-state index >= 15 is 0 Å². The highest BCUT2D eigenvalue weighted by atomic mass is 16.1. The van der Waals surface area contributed by atoms with E-state index < -0.39 is 0 Å². The Balaban J connectivity index is 2.23. The maximum atomic E-state index is 11.3. The number of carbonyl (C=O) groups is 1. The fraction of sp³-hybridized carbons (Fsp3) is 0.615. The van der Waals surface area contributed by atoms with Gasteiger partial charge in [-0.25, -0.2) is 9.97 Å². The molecule has 0 aromatic carbocycles. The summed E-state index contributed by atoms with van der Waals surface area (Å²) in [6, 6.07) is 1.97. The van der Waals surface area contributed by atoms with Crippen molar-refractivity contribution in [1.29, 1.82) is 0 Å². The van der Waals surface area contributed by atoms with Gasteiger partial charge in [0.2, 0.25) is 0 Å². The second kappa shape index (κ2) is 5.33. The summed E-state index contributed by atoms with van der Waals surface area (Å²) in [6.07, 6.45) is 1.71. The van der Waals surface area contributed by atoms with Crippen molar-refractivity contribution in [3.63, 3.8) is 0 Å². The van der Waals surface area contributed by atoms with E-state index in [1.165, 1.54) is 0 Å². The fourth-order valence-corrected chi connectivity index (χ4v) is 2.17. The van der Waals surface area contributed by atoms with E-state index in [2.05, 4.69) is 21.8 Å². The second-order valence-electron chi connectivity index (χ2n) is 4.76. The van der Waals surface area contributed by atoms with E-state index in [-0.39, 0.29) is 5.78 Å². The first kappa shape index (κ1) is 12.8. The van der Waals surface area contributed by atoms with E-state index in [1.807, 2.05) is 24.9 Å². The number of nitrogens with zero attached hydrogens (tertiary/aromatic N) is 4. The summed E-state index contributed by atoms with van der Waals surface area (Å²) in [5, 5.41) is 0. The molecule has 1 aliphatic rings. The molecule has 18 heavy (non-hydrogen) atoms. The highest BCUT2D eigenvalue weighted by molar-refractivity contribution is 5.86. The van der Waals surface area contributed by atoms with Crippen molar-refractivity contribution in [2.75, 3.05) is 36.5 Å². The van der Waals surface area contributed by atoms with Crippen molar-refractivity contribution < 1.29 is 4.79 Å². The Hall–Kier alpha value is -1.65. The molecule has 1 aromatic heterocycles. The second-order valence-corrected chi connectivity index (χ2v) is 4.76. The number of hydrogen-bond acceptors (Lipinski definition) is 5. The molecule has 5 nitrogen and oxygen atoms in total. The molecule has 0 spiro atoms. The van der Waals surface area contributed by atoms with Gasteiger partial charge >= 0.3 is 0 Å². The molecule has 0 saturated carbocycles. The van der Waals surface area contributed by atoms with Gasteiger partial charge in [-0.15, -0.1) is 0 Å². The zero-order valence-electron chi connectivity index (χ0n) is 11.3. The van der Waals surface area contributed by atoms with Gasteiger partial charge in [0.15, 0.2) is 5.78 Å². The van der Waals surface area contributed by atoms with E-state index in [9.17, 15) is 4.79 Å². The van der Waals surface area contributed by atoms with Gasteiger partial charge < -0.3 is 9.80 Å². The van der Waals surface area contributed by atoms with Gasteiger partial charge in [-0.2, -0.15) is 0 Å². The van der Waals surface area contributed by atoms with Crippen LogP contribution in [0.1, 0.15) is 25.6 Å². The van der Waals surface area contributed by atoms with Crippen LogP contribution in [0.3, 0.4) is 0 Å². The lowest BCUT2D eigenvalue weighted by Gasteiger charge is -2.21. The van der Waals surface area contributed by atoms with Crippen LogP contribution in [0.15, 0.2) is 6.07 Å². The summed E-state index contributed by atoms with van der Waals surface area (Å²) in [5.74, 6) is 2.84. The number of anilines is 2. The predicted octanol–water partition coefficient (Wildman–Crippen LogP) is 1.41. The Morgan fingerprint density at radius 2 is 2.22 bits per heavy atom. The molecule has 2 heterocycles. The molecule has 0 atom stereocenters. The van der Waals surface area contributed by atoms with Crippen LogP contribution in [-0.2, 0) is 4.79 Å². The summed E-state index contributed by atoms with van der Waals surface area (Å²) < 4.78 is 0. The summed E-state index contributed by atoms with van der Waals surface area (Å²) in [4.78, 5) is 24.4. The van der Waals surface area contributed by atoms with Crippen LogP contribution in [0.4, 0.5) is 11.6 Å². The summed E-state index contributed by atoms with van der Waals surface area (Å²) in [5.41, 5.74) is 0. The standard InChI is InChI=1S/C13H20N4O/c1-4-6-16(3)12-8-13(15-10(2)14-12)17-7-5-11(18)9-17/h8H,4-7,9H2,1-3H3. The Labute approximate surface area is 108 Å². The van der Waals surface area contributed by atoms with E-state index in [1.54, 1.807) is 0 Å². The molecular weight excluding hydrogens is 228 g/mol. The molecular formula is C13H20N4O. The summed E-state index contributed by atoms with van der Waals surface area (Å²) in [7, 11) is 2.03. The summed E-state index contributed by atoms with van der Waals surface area (Å²) >= 11 is 0. The monoisotopic (exact) mass is 248 g/mol. The third kappa shape index (κ3) is 2.78. The lowest BCUT2D eigenvalue weighted by atomic mass is 10.4. The van der Waals surface area contributed by atoms with Crippen LogP contribution in [0.25, 0.3) is 0 Å². The third-order valence-corrected chi connectivity index (χ3v) is 3.11. The molecule has 1 saturated heterocycles. The van der Waals surface area contributed by atoms with E-state index in [0.29, 0.717) is 13.0 Å². The fourth-order valence-electron chi connectivity index (χ4n) is 2.17. The molecule has 1 aliphatic heterocycles. The van der Waals surface area contributed by atoms with Crippen molar-refractivity contribution in [3.05, 3.63) is 11.9 Å². The Morgan fingerprint density at radius 3 is 2.83 bits per heavy atom. The normalized spacial score (nSPS) is 15.3. The molecule has 0 aliphatic carbocycles. The number of Topliss-reactive ketones (excluding diaryl/α,β-unsaturated/α-hetero) is 1. The highest BCUT2D eigenvalue weighted by Gasteiger charge is 2.21. The van der Waals surface area contributed by atoms with Crippen LogP contribution in [0.2, 0.25) is 0 Å². The topological polar surface area (TPSA) is 49.3 Å². The minimum atomic E-state index is 0.287. The van der Waals surface area contributed by atoms with Crippen LogP contribution >= 0.6 is 0 Å². The van der Waals surface area contributed by atoms with Gasteiger partial charge in [-0.1, -0.05) is 6.92 Å². The van der Waals surface area contributed by atoms with E-state index in [0.717, 1.165) is 37.0 Å². The zero-order valence-corrected chi connectivity index (χ0v) is 11.3. The van der Waals surface area contributed by atoms with Gasteiger partial charge in [0.1, 0.15) is 17.5 Å². The smallest absolute Gasteiger partial charge is 0.153 e. The number of hydrogen-bond donors (Lipinski definition) is 0. The van der Waals surface area contributed by atoms with Crippen molar-refractivity contribution in [1.82, 2.24) is 9.97 Å². The first-order valence-electron chi connectivity index (χ1n) is 6.43. The SMILES string of the molecule is CCCN(C)c1cc(N2CCC(=O)C2)nc(C)n1. The van der Waals surface area contributed by atoms with Gasteiger partial charge in [0.05, 0.1) is 6.54 Å². The van der Waals surface area contributed by atoms with E-state index in [4.69, 9.17) is 0 Å². The van der Waals surface area contributed by atoms with Crippen molar-refractivity contribution in [2.45, 2.75) is 26.7 Å². The number of aromatic nitrogens is 2. The average molecular weight is 248 g/mol. The van der Waals surface area contributed by atoms with Gasteiger partial charge in [-0.05, 0) is 13.3 Å². The quantitative estimate of drug-likeness (QED) is 0.806. The largest absolute Gasteiger partial charge is 0.360 e. The maximum Gasteiger partial charge on any atom is 0.153 e. The Kier molecular flexibility index (Phi) is 3.79. The van der Waals surface area contributed by atoms with Crippen LogP contribution in [0.5, 0.6) is 0 Å². The van der Waals surface area contributed by atoms with Crippen LogP contribution in [0, 0.1) is 6.92 Å². The lowest BCUT2D eigenvalue weighted by Crippen LogP contribution is -2.24. The molecule has 1 aromatic rings. The van der Waals surface area contributed by atoms with Crippen molar-refractivity contribution in [3.8, 4) is 0 Å². The Bertz CT molecular complexity index is 447. The zero-order chi connectivity index (χ0) is 13.1. The number of aryl methyl sites for hydroxylation is 1. The van der Waals surface area contributed by atoms with Crippen molar-refractivity contribution >= 4 is 17.4 Å². The average Bonchev–Trinajstić information content (AvgIpc) is 2.75. The van der Waals surface area contributed by atoms with Crippen molar-refractivity contribution in [2.24, 2.45) is 0 Å². The minimum Gasteiger partial charge on any atom is -0.360 e. The number of rotatable bonds is 4. The number of carbonyl (C=O) groups excluding carboxylic acids is 1. The minimum absolute atomic E-state index is 0.287. The lowest BCUT2D eigenvalue weighted by molar-refractivity contribution is -0.116. The Morgan fingerprint density at radius 1 is 1.44 bits per heavy atom. The molecule has 5 heteroatoms. The first-order chi connectivity index (χ1) is 8.60. The molecule has 0 unspecified atom stereocenters. The first-order valence-corrected chi connectivity index (χ1v) is 6.43. The maximum absolute atomic E-state index is 11.3. The molecule has 2 rings (SSSR count). The van der Waals surface area contributed by atoms with Gasteiger partial charge in [-0.3, -0.25) is 4.79 Å². The summed E-state index contributed by atoms with van der Waals surface area (Å²) in [6.45, 7) is 6.25. The van der Waals surface area contributed by atoms with Crippen LogP contribution < -0.4 is 9.80 Å². The molecule has 0 bridgehead atoms. The molecule has 1 fully saturated rings. The molecule has 0 N–H and O–H groups in total.